The van der Waals surface area contributed by atoms with Gasteiger partial charge in [-0.3, -0.25) is 4.79 Å². The first kappa shape index (κ1) is 23.1. The molecule has 2 N–H and O–H groups in total. The summed E-state index contributed by atoms with van der Waals surface area (Å²) in [6.45, 7) is 0. The zero-order chi connectivity index (χ0) is 23.8. The first-order valence-electron chi connectivity index (χ1n) is 10.6. The zero-order valence-corrected chi connectivity index (χ0v) is 19.0. The standard InChI is InChI=1S/C27H22N2O4S/c30-25(29-24-9-5-4-8-23(24)27(31)32)16-20-10-15-26(28-17-20)33-21-11-13-22(14-12-21)34-18-19-6-2-1-3-7-19/h1-15,17H,16,18H2,(H,29,30)(H,31,32). The summed E-state index contributed by atoms with van der Waals surface area (Å²) in [6, 6.07) is 27.9. The molecule has 4 aromatic rings. The van der Waals surface area contributed by atoms with Crippen LogP contribution in [0.2, 0.25) is 0 Å². The minimum atomic E-state index is -1.10. The van der Waals surface area contributed by atoms with Crippen LogP contribution in [-0.4, -0.2) is 22.0 Å². The second-order valence-corrected chi connectivity index (χ2v) is 8.48. The molecule has 4 rings (SSSR count). The van der Waals surface area contributed by atoms with Crippen molar-refractivity contribution in [1.82, 2.24) is 4.98 Å². The van der Waals surface area contributed by atoms with E-state index in [9.17, 15) is 14.7 Å². The topological polar surface area (TPSA) is 88.5 Å². The monoisotopic (exact) mass is 470 g/mol. The number of hydrogen-bond acceptors (Lipinski definition) is 5. The van der Waals surface area contributed by atoms with Crippen molar-refractivity contribution in [3.05, 3.63) is 114 Å². The predicted molar refractivity (Wildman–Crippen MR) is 132 cm³/mol. The van der Waals surface area contributed by atoms with Gasteiger partial charge in [0.05, 0.1) is 17.7 Å². The van der Waals surface area contributed by atoms with Gasteiger partial charge >= 0.3 is 5.97 Å². The van der Waals surface area contributed by atoms with E-state index in [1.807, 2.05) is 42.5 Å². The van der Waals surface area contributed by atoms with Crippen LogP contribution in [0.5, 0.6) is 11.6 Å². The number of amides is 1. The Morgan fingerprint density at radius 2 is 1.59 bits per heavy atom. The molecule has 0 atom stereocenters. The first-order valence-corrected chi connectivity index (χ1v) is 11.6. The van der Waals surface area contributed by atoms with Crippen LogP contribution >= 0.6 is 11.8 Å². The highest BCUT2D eigenvalue weighted by Crippen LogP contribution is 2.27. The van der Waals surface area contributed by atoms with Crippen LogP contribution in [0.15, 0.2) is 102 Å². The maximum Gasteiger partial charge on any atom is 0.337 e. The molecule has 0 fully saturated rings. The van der Waals surface area contributed by atoms with Crippen molar-refractivity contribution in [2.24, 2.45) is 0 Å². The average Bonchev–Trinajstić information content (AvgIpc) is 2.85. The minimum Gasteiger partial charge on any atom is -0.478 e. The number of carbonyl (C=O) groups excluding carboxylic acids is 1. The number of aromatic carboxylic acids is 1. The van der Waals surface area contributed by atoms with Gasteiger partial charge in [-0.2, -0.15) is 0 Å². The van der Waals surface area contributed by atoms with Crippen molar-refractivity contribution in [2.45, 2.75) is 17.1 Å². The van der Waals surface area contributed by atoms with Crippen molar-refractivity contribution in [3.63, 3.8) is 0 Å². The third-order valence-corrected chi connectivity index (χ3v) is 5.97. The maximum atomic E-state index is 12.3. The molecule has 170 valence electrons. The molecule has 0 radical (unpaired) electrons. The smallest absolute Gasteiger partial charge is 0.337 e. The SMILES string of the molecule is O=C(Cc1ccc(Oc2ccc(SCc3ccccc3)cc2)nc1)Nc1ccccc1C(=O)O. The Bertz CT molecular complexity index is 1260. The Balaban J connectivity index is 1.29. The number of nitrogens with zero attached hydrogens (tertiary/aromatic N) is 1. The predicted octanol–water partition coefficient (Wildman–Crippen LogP) is 6.05. The maximum absolute atomic E-state index is 12.3. The van der Waals surface area contributed by atoms with E-state index in [0.717, 1.165) is 10.6 Å². The molecule has 0 aliphatic carbocycles. The summed E-state index contributed by atoms with van der Waals surface area (Å²) in [5.74, 6) is 0.576. The molecule has 34 heavy (non-hydrogen) atoms. The molecular formula is C27H22N2O4S. The Labute approximate surface area is 201 Å². The van der Waals surface area contributed by atoms with Gasteiger partial charge in [0.2, 0.25) is 11.8 Å². The molecule has 0 aliphatic heterocycles. The summed E-state index contributed by atoms with van der Waals surface area (Å²) >= 11 is 1.76. The van der Waals surface area contributed by atoms with Gasteiger partial charge in [0, 0.05) is 22.9 Å². The number of hydrogen-bond donors (Lipinski definition) is 2. The molecule has 7 heteroatoms. The van der Waals surface area contributed by atoms with Crippen LogP contribution < -0.4 is 10.1 Å². The first-order chi connectivity index (χ1) is 16.6. The van der Waals surface area contributed by atoms with Crippen LogP contribution in [0.4, 0.5) is 5.69 Å². The highest BCUT2D eigenvalue weighted by molar-refractivity contribution is 7.98. The third-order valence-electron chi connectivity index (χ3n) is 4.89. The molecule has 1 aromatic heterocycles. The lowest BCUT2D eigenvalue weighted by Gasteiger charge is -2.09. The molecule has 0 saturated heterocycles. The quantitative estimate of drug-likeness (QED) is 0.290. The Hall–Kier alpha value is -4.10. The van der Waals surface area contributed by atoms with Gasteiger partial charge in [-0.25, -0.2) is 9.78 Å². The van der Waals surface area contributed by atoms with Crippen LogP contribution in [0, 0.1) is 0 Å². The van der Waals surface area contributed by atoms with E-state index >= 15 is 0 Å². The van der Waals surface area contributed by atoms with E-state index < -0.39 is 5.97 Å². The van der Waals surface area contributed by atoms with Crippen molar-refractivity contribution in [2.75, 3.05) is 5.32 Å². The van der Waals surface area contributed by atoms with E-state index in [0.29, 0.717) is 17.2 Å². The van der Waals surface area contributed by atoms with Gasteiger partial charge in [0.1, 0.15) is 5.75 Å². The number of anilines is 1. The summed E-state index contributed by atoms with van der Waals surface area (Å²) < 4.78 is 5.81. The van der Waals surface area contributed by atoms with E-state index in [1.54, 1.807) is 48.3 Å². The fourth-order valence-corrected chi connectivity index (χ4v) is 4.05. The van der Waals surface area contributed by atoms with E-state index in [1.165, 1.54) is 11.6 Å². The molecule has 0 unspecified atom stereocenters. The summed E-state index contributed by atoms with van der Waals surface area (Å²) in [5.41, 5.74) is 2.27. The molecule has 0 bridgehead atoms. The lowest BCUT2D eigenvalue weighted by Crippen LogP contribution is -2.16. The molecule has 0 spiro atoms. The van der Waals surface area contributed by atoms with Gasteiger partial charge in [-0.1, -0.05) is 48.5 Å². The highest BCUT2D eigenvalue weighted by atomic mass is 32.2. The van der Waals surface area contributed by atoms with Crippen LogP contribution in [0.3, 0.4) is 0 Å². The van der Waals surface area contributed by atoms with Crippen LogP contribution in [-0.2, 0) is 17.0 Å². The lowest BCUT2D eigenvalue weighted by atomic mass is 10.1. The Morgan fingerprint density at radius 1 is 0.853 bits per heavy atom. The number of nitrogens with one attached hydrogen (secondary N) is 1. The van der Waals surface area contributed by atoms with E-state index in [-0.39, 0.29) is 23.6 Å². The van der Waals surface area contributed by atoms with Crippen molar-refractivity contribution < 1.29 is 19.4 Å². The van der Waals surface area contributed by atoms with Gasteiger partial charge in [-0.05, 0) is 47.5 Å². The van der Waals surface area contributed by atoms with Crippen molar-refractivity contribution in [1.29, 1.82) is 0 Å². The Kier molecular flexibility index (Phi) is 7.57. The number of thioether (sulfide) groups is 1. The number of pyridine rings is 1. The average molecular weight is 471 g/mol. The summed E-state index contributed by atoms with van der Waals surface area (Å²) in [5, 5.41) is 11.9. The van der Waals surface area contributed by atoms with Crippen LogP contribution in [0.25, 0.3) is 0 Å². The van der Waals surface area contributed by atoms with Crippen LogP contribution in [0.1, 0.15) is 21.5 Å². The number of para-hydroxylation sites is 1. The summed E-state index contributed by atoms with van der Waals surface area (Å²) in [7, 11) is 0. The number of carbonyl (C=O) groups is 2. The van der Waals surface area contributed by atoms with Gasteiger partial charge < -0.3 is 15.2 Å². The van der Waals surface area contributed by atoms with E-state index in [2.05, 4.69) is 22.4 Å². The number of rotatable bonds is 9. The largest absolute Gasteiger partial charge is 0.478 e. The molecule has 1 amide bonds. The van der Waals surface area contributed by atoms with Gasteiger partial charge in [0.25, 0.3) is 0 Å². The lowest BCUT2D eigenvalue weighted by molar-refractivity contribution is -0.115. The number of benzene rings is 3. The fraction of sp³-hybridized carbons (Fsp3) is 0.0741. The molecule has 3 aromatic carbocycles. The van der Waals surface area contributed by atoms with Crippen molar-refractivity contribution in [3.8, 4) is 11.6 Å². The van der Waals surface area contributed by atoms with Gasteiger partial charge in [0.15, 0.2) is 0 Å². The number of ether oxygens (including phenoxy) is 1. The van der Waals surface area contributed by atoms with E-state index in [4.69, 9.17) is 4.74 Å². The second-order valence-electron chi connectivity index (χ2n) is 7.43. The highest BCUT2D eigenvalue weighted by Gasteiger charge is 2.12. The molecule has 6 nitrogen and oxygen atoms in total. The molecule has 1 heterocycles. The fourth-order valence-electron chi connectivity index (χ4n) is 3.20. The number of aromatic nitrogens is 1. The summed E-state index contributed by atoms with van der Waals surface area (Å²) in [4.78, 5) is 29.1. The molecule has 0 saturated carbocycles. The van der Waals surface area contributed by atoms with Gasteiger partial charge in [-0.15, -0.1) is 11.8 Å². The minimum absolute atomic E-state index is 0.0437. The zero-order valence-electron chi connectivity index (χ0n) is 18.2. The normalized spacial score (nSPS) is 10.5. The third kappa shape index (κ3) is 6.46. The molecular weight excluding hydrogens is 448 g/mol. The summed E-state index contributed by atoms with van der Waals surface area (Å²) in [6.07, 6.45) is 1.64. The van der Waals surface area contributed by atoms with Crippen molar-refractivity contribution >= 4 is 29.3 Å². The Morgan fingerprint density at radius 3 is 2.29 bits per heavy atom. The number of carboxylic acids is 1. The molecule has 0 aliphatic rings. The second kappa shape index (κ2) is 11.2. The number of carboxylic acid groups (broad SMARTS) is 1.